The Bertz CT molecular complexity index is 791. The molecule has 2 N–H and O–H groups in total. The third-order valence-corrected chi connectivity index (χ3v) is 4.61. The number of pyridine rings is 1. The Kier molecular flexibility index (Phi) is 4.40. The number of carboxylic acids is 1. The number of ether oxygens (including phenoxy) is 1. The summed E-state index contributed by atoms with van der Waals surface area (Å²) in [6.45, 7) is 1.70. The molecular weight excluding hydrogens is 310 g/mol. The van der Waals surface area contributed by atoms with Crippen LogP contribution in [0.3, 0.4) is 0 Å². The molecule has 2 heterocycles. The molecular formula is C18H19NO5. The van der Waals surface area contributed by atoms with Gasteiger partial charge in [0.05, 0.1) is 0 Å². The number of aromatic hydroxyl groups is 1. The van der Waals surface area contributed by atoms with Gasteiger partial charge in [0.25, 0.3) is 0 Å². The first-order chi connectivity index (χ1) is 11.5. The molecule has 0 spiro atoms. The van der Waals surface area contributed by atoms with E-state index in [1.165, 1.54) is 12.4 Å². The predicted molar refractivity (Wildman–Crippen MR) is 87.5 cm³/mol. The molecule has 0 saturated carbocycles. The number of nitrogens with zero attached hydrogens (tertiary/aromatic N) is 1. The maximum Gasteiger partial charge on any atom is 0.341 e. The zero-order valence-corrected chi connectivity index (χ0v) is 13.1. The van der Waals surface area contributed by atoms with Gasteiger partial charge in [-0.05, 0) is 18.4 Å². The van der Waals surface area contributed by atoms with Crippen molar-refractivity contribution < 1.29 is 19.7 Å². The fraction of sp³-hybridized carbons (Fsp3) is 0.333. The summed E-state index contributed by atoms with van der Waals surface area (Å²) < 4.78 is 7.08. The molecule has 1 aliphatic rings. The van der Waals surface area contributed by atoms with Gasteiger partial charge in [0, 0.05) is 37.6 Å². The molecule has 3 rings (SSSR count). The van der Waals surface area contributed by atoms with Crippen LogP contribution in [0.4, 0.5) is 0 Å². The molecule has 1 aromatic carbocycles. The van der Waals surface area contributed by atoms with Gasteiger partial charge in [0.1, 0.15) is 5.56 Å². The summed E-state index contributed by atoms with van der Waals surface area (Å²) in [7, 11) is 0. The van der Waals surface area contributed by atoms with Crippen LogP contribution in [-0.2, 0) is 16.7 Å². The molecule has 1 saturated heterocycles. The van der Waals surface area contributed by atoms with Crippen LogP contribution >= 0.6 is 0 Å². The van der Waals surface area contributed by atoms with Crippen LogP contribution in [0.2, 0.25) is 0 Å². The van der Waals surface area contributed by atoms with Crippen molar-refractivity contribution >= 4 is 5.97 Å². The monoisotopic (exact) mass is 329 g/mol. The van der Waals surface area contributed by atoms with Crippen LogP contribution in [0.15, 0.2) is 47.5 Å². The second-order valence-electron chi connectivity index (χ2n) is 6.12. The summed E-state index contributed by atoms with van der Waals surface area (Å²) in [6, 6.07) is 9.98. The van der Waals surface area contributed by atoms with E-state index >= 15 is 0 Å². The van der Waals surface area contributed by atoms with Crippen LogP contribution in [0.1, 0.15) is 28.8 Å². The van der Waals surface area contributed by atoms with E-state index in [2.05, 4.69) is 0 Å². The van der Waals surface area contributed by atoms with Gasteiger partial charge in [-0.2, -0.15) is 0 Å². The van der Waals surface area contributed by atoms with Gasteiger partial charge in [0.15, 0.2) is 5.75 Å². The number of aromatic carboxylic acids is 1. The lowest BCUT2D eigenvalue weighted by Crippen LogP contribution is -2.38. The van der Waals surface area contributed by atoms with E-state index in [4.69, 9.17) is 9.84 Å². The number of carbonyl (C=O) groups is 1. The Hall–Kier alpha value is -2.60. The Balaban J connectivity index is 2.03. The third kappa shape index (κ3) is 3.05. The van der Waals surface area contributed by atoms with Crippen molar-refractivity contribution in [1.29, 1.82) is 0 Å². The standard InChI is InChI=1S/C18H19NO5/c20-15-11-19(10-14(16(15)21)17(22)23)12-18(6-8-24-9-7-18)13-4-2-1-3-5-13/h1-5,10-11,20H,6-9,12H2,(H,22,23). The Morgan fingerprint density at radius 3 is 2.46 bits per heavy atom. The molecule has 24 heavy (non-hydrogen) atoms. The van der Waals surface area contributed by atoms with E-state index in [1.807, 2.05) is 30.3 Å². The second kappa shape index (κ2) is 6.49. The van der Waals surface area contributed by atoms with E-state index in [-0.39, 0.29) is 5.41 Å². The Morgan fingerprint density at radius 1 is 1.17 bits per heavy atom. The van der Waals surface area contributed by atoms with Crippen molar-refractivity contribution in [2.24, 2.45) is 0 Å². The molecule has 1 aromatic heterocycles. The second-order valence-corrected chi connectivity index (χ2v) is 6.12. The van der Waals surface area contributed by atoms with E-state index < -0.39 is 22.7 Å². The van der Waals surface area contributed by atoms with Crippen LogP contribution in [0.5, 0.6) is 5.75 Å². The minimum absolute atomic E-state index is 0.225. The van der Waals surface area contributed by atoms with Crippen LogP contribution in [-0.4, -0.2) is 34.0 Å². The van der Waals surface area contributed by atoms with Crippen LogP contribution in [0, 0.1) is 0 Å². The third-order valence-electron chi connectivity index (χ3n) is 4.61. The molecule has 0 bridgehead atoms. The van der Waals surface area contributed by atoms with E-state index in [9.17, 15) is 14.7 Å². The van der Waals surface area contributed by atoms with Gasteiger partial charge in [-0.1, -0.05) is 30.3 Å². The number of hydrogen-bond donors (Lipinski definition) is 2. The number of benzene rings is 1. The SMILES string of the molecule is O=C(O)c1cn(CC2(c3ccccc3)CCOCC2)cc(O)c1=O. The van der Waals surface area contributed by atoms with Gasteiger partial charge in [0.2, 0.25) is 5.43 Å². The number of carboxylic acid groups (broad SMARTS) is 1. The fourth-order valence-corrected chi connectivity index (χ4v) is 3.30. The quantitative estimate of drug-likeness (QED) is 0.895. The van der Waals surface area contributed by atoms with E-state index in [0.29, 0.717) is 19.8 Å². The lowest BCUT2D eigenvalue weighted by Gasteiger charge is -2.38. The first kappa shape index (κ1) is 16.3. The summed E-state index contributed by atoms with van der Waals surface area (Å²) in [6.07, 6.45) is 4.16. The summed E-state index contributed by atoms with van der Waals surface area (Å²) in [4.78, 5) is 23.0. The molecule has 2 aromatic rings. The molecule has 0 radical (unpaired) electrons. The summed E-state index contributed by atoms with van der Waals surface area (Å²) in [5.74, 6) is -1.89. The lowest BCUT2D eigenvalue weighted by molar-refractivity contribution is 0.0432. The molecule has 6 nitrogen and oxygen atoms in total. The molecule has 0 atom stereocenters. The molecule has 0 unspecified atom stereocenters. The highest BCUT2D eigenvalue weighted by Crippen LogP contribution is 2.36. The summed E-state index contributed by atoms with van der Waals surface area (Å²) in [5, 5.41) is 18.9. The van der Waals surface area contributed by atoms with Gasteiger partial charge in [-0.15, -0.1) is 0 Å². The summed E-state index contributed by atoms with van der Waals surface area (Å²) >= 11 is 0. The van der Waals surface area contributed by atoms with Gasteiger partial charge in [-0.3, -0.25) is 4.79 Å². The Morgan fingerprint density at radius 2 is 1.83 bits per heavy atom. The summed E-state index contributed by atoms with van der Waals surface area (Å²) in [5.41, 5.74) is -0.371. The fourth-order valence-electron chi connectivity index (χ4n) is 3.30. The number of aromatic nitrogens is 1. The van der Waals surface area contributed by atoms with Crippen molar-refractivity contribution in [3.63, 3.8) is 0 Å². The molecule has 0 aliphatic carbocycles. The van der Waals surface area contributed by atoms with Crippen LogP contribution < -0.4 is 5.43 Å². The lowest BCUT2D eigenvalue weighted by atomic mass is 9.74. The van der Waals surface area contributed by atoms with Crippen LogP contribution in [0.25, 0.3) is 0 Å². The van der Waals surface area contributed by atoms with Crippen molar-refractivity contribution in [2.45, 2.75) is 24.8 Å². The molecule has 1 fully saturated rings. The average molecular weight is 329 g/mol. The minimum atomic E-state index is -1.34. The first-order valence-electron chi connectivity index (χ1n) is 7.81. The molecule has 6 heteroatoms. The maximum absolute atomic E-state index is 11.7. The normalized spacial score (nSPS) is 16.7. The number of rotatable bonds is 4. The highest BCUT2D eigenvalue weighted by molar-refractivity contribution is 5.87. The van der Waals surface area contributed by atoms with Gasteiger partial charge >= 0.3 is 5.97 Å². The first-order valence-corrected chi connectivity index (χ1v) is 7.81. The molecule has 0 amide bonds. The smallest absolute Gasteiger partial charge is 0.341 e. The van der Waals surface area contributed by atoms with Gasteiger partial charge in [-0.25, -0.2) is 4.79 Å². The largest absolute Gasteiger partial charge is 0.503 e. The highest BCUT2D eigenvalue weighted by Gasteiger charge is 2.35. The predicted octanol–water partition coefficient (Wildman–Crippen LogP) is 2.00. The van der Waals surface area contributed by atoms with E-state index in [0.717, 1.165) is 18.4 Å². The highest BCUT2D eigenvalue weighted by atomic mass is 16.5. The van der Waals surface area contributed by atoms with E-state index in [1.54, 1.807) is 4.57 Å². The maximum atomic E-state index is 11.7. The molecule has 1 aliphatic heterocycles. The average Bonchev–Trinajstić information content (AvgIpc) is 2.59. The zero-order valence-electron chi connectivity index (χ0n) is 13.1. The number of hydrogen-bond acceptors (Lipinski definition) is 4. The topological polar surface area (TPSA) is 88.8 Å². The Labute approximate surface area is 138 Å². The van der Waals surface area contributed by atoms with Crippen molar-refractivity contribution in [2.75, 3.05) is 13.2 Å². The zero-order chi connectivity index (χ0) is 17.2. The molecule has 126 valence electrons. The van der Waals surface area contributed by atoms with Crippen molar-refractivity contribution in [3.8, 4) is 5.75 Å². The van der Waals surface area contributed by atoms with Gasteiger partial charge < -0.3 is 19.5 Å². The minimum Gasteiger partial charge on any atom is -0.503 e. The van der Waals surface area contributed by atoms with Crippen molar-refractivity contribution in [1.82, 2.24) is 4.57 Å². The van der Waals surface area contributed by atoms with Crippen molar-refractivity contribution in [3.05, 3.63) is 64.1 Å².